The molecule has 4 heteroatoms. The van der Waals surface area contributed by atoms with Crippen molar-refractivity contribution in [3.05, 3.63) is 29.3 Å². The predicted octanol–water partition coefficient (Wildman–Crippen LogP) is 4.13. The molecular formula is C15H20ClNOS. The van der Waals surface area contributed by atoms with Crippen molar-refractivity contribution in [1.82, 2.24) is 5.32 Å². The number of carbonyl (C=O) groups is 1. The van der Waals surface area contributed by atoms with E-state index in [9.17, 15) is 4.79 Å². The van der Waals surface area contributed by atoms with Crippen molar-refractivity contribution in [2.24, 2.45) is 5.92 Å². The van der Waals surface area contributed by atoms with E-state index in [0.717, 1.165) is 28.7 Å². The summed E-state index contributed by atoms with van der Waals surface area (Å²) < 4.78 is 0. The van der Waals surface area contributed by atoms with Crippen molar-refractivity contribution in [3.8, 4) is 0 Å². The lowest BCUT2D eigenvalue weighted by atomic mass is 10.1. The van der Waals surface area contributed by atoms with Crippen LogP contribution in [0.5, 0.6) is 0 Å². The summed E-state index contributed by atoms with van der Waals surface area (Å²) in [5, 5.41) is 3.81. The average Bonchev–Trinajstić information content (AvgIpc) is 2.77. The first kappa shape index (κ1) is 14.7. The molecule has 1 aliphatic rings. The smallest absolute Gasteiger partial charge is 0.233 e. The Kier molecular flexibility index (Phi) is 5.17. The fourth-order valence-electron chi connectivity index (χ4n) is 2.43. The molecule has 1 fully saturated rings. The van der Waals surface area contributed by atoms with Gasteiger partial charge in [-0.3, -0.25) is 4.79 Å². The van der Waals surface area contributed by atoms with Crippen molar-refractivity contribution in [2.75, 3.05) is 0 Å². The summed E-state index contributed by atoms with van der Waals surface area (Å²) in [7, 11) is 0. The van der Waals surface area contributed by atoms with Crippen LogP contribution < -0.4 is 5.32 Å². The summed E-state index contributed by atoms with van der Waals surface area (Å²) >= 11 is 7.42. The summed E-state index contributed by atoms with van der Waals surface area (Å²) in [6, 6.07) is 7.99. The number of thioether (sulfide) groups is 1. The third kappa shape index (κ3) is 4.43. The number of hydrogen-bond donors (Lipinski definition) is 1. The molecule has 1 saturated carbocycles. The highest BCUT2D eigenvalue weighted by molar-refractivity contribution is 8.00. The van der Waals surface area contributed by atoms with E-state index in [1.54, 1.807) is 11.8 Å². The maximum absolute atomic E-state index is 12.1. The molecule has 0 spiro atoms. The maximum atomic E-state index is 12.1. The van der Waals surface area contributed by atoms with Crippen molar-refractivity contribution < 1.29 is 4.79 Å². The fourth-order valence-corrected chi connectivity index (χ4v) is 3.43. The van der Waals surface area contributed by atoms with E-state index in [4.69, 9.17) is 11.6 Å². The maximum Gasteiger partial charge on any atom is 0.233 e. The van der Waals surface area contributed by atoms with Gasteiger partial charge >= 0.3 is 0 Å². The van der Waals surface area contributed by atoms with Gasteiger partial charge < -0.3 is 5.32 Å². The van der Waals surface area contributed by atoms with E-state index >= 15 is 0 Å². The number of halogens is 1. The molecule has 3 unspecified atom stereocenters. The Balaban J connectivity index is 1.83. The monoisotopic (exact) mass is 297 g/mol. The number of rotatable bonds is 4. The zero-order chi connectivity index (χ0) is 13.8. The summed E-state index contributed by atoms with van der Waals surface area (Å²) in [5.41, 5.74) is 0. The van der Waals surface area contributed by atoms with Gasteiger partial charge in [-0.05, 0) is 56.4 Å². The van der Waals surface area contributed by atoms with Crippen molar-refractivity contribution in [1.29, 1.82) is 0 Å². The molecule has 1 aliphatic carbocycles. The van der Waals surface area contributed by atoms with Crippen LogP contribution in [0.15, 0.2) is 29.2 Å². The molecular weight excluding hydrogens is 278 g/mol. The van der Waals surface area contributed by atoms with Crippen LogP contribution in [0.1, 0.15) is 33.1 Å². The Labute approximate surface area is 124 Å². The first-order valence-corrected chi connectivity index (χ1v) is 8.03. The van der Waals surface area contributed by atoms with E-state index in [-0.39, 0.29) is 11.2 Å². The molecule has 0 heterocycles. The van der Waals surface area contributed by atoms with Gasteiger partial charge in [0.25, 0.3) is 0 Å². The van der Waals surface area contributed by atoms with E-state index in [2.05, 4.69) is 12.2 Å². The molecule has 2 rings (SSSR count). The zero-order valence-corrected chi connectivity index (χ0v) is 12.9. The highest BCUT2D eigenvalue weighted by Gasteiger charge is 2.24. The number of carbonyl (C=O) groups excluding carboxylic acids is 1. The molecule has 104 valence electrons. The predicted molar refractivity (Wildman–Crippen MR) is 81.7 cm³/mol. The van der Waals surface area contributed by atoms with Crippen LogP contribution in [0.25, 0.3) is 0 Å². The summed E-state index contributed by atoms with van der Waals surface area (Å²) in [6.45, 7) is 4.20. The van der Waals surface area contributed by atoms with E-state index in [1.807, 2.05) is 31.2 Å². The topological polar surface area (TPSA) is 29.1 Å². The number of nitrogens with one attached hydrogen (secondary N) is 1. The van der Waals surface area contributed by atoms with Gasteiger partial charge in [0.1, 0.15) is 0 Å². The molecule has 19 heavy (non-hydrogen) atoms. The standard InChI is InChI=1S/C15H20ClNOS/c1-10-3-6-13(9-10)17-15(18)11(2)19-14-7-4-12(16)5-8-14/h4-5,7-8,10-11,13H,3,6,9H2,1-2H3,(H,17,18). The highest BCUT2D eigenvalue weighted by atomic mass is 35.5. The third-order valence-electron chi connectivity index (χ3n) is 3.54. The van der Waals surface area contributed by atoms with Gasteiger partial charge in [-0.25, -0.2) is 0 Å². The SMILES string of the molecule is CC1CCC(NC(=O)C(C)Sc2ccc(Cl)cc2)C1. The van der Waals surface area contributed by atoms with Gasteiger partial charge in [-0.2, -0.15) is 0 Å². The molecule has 0 aromatic heterocycles. The van der Waals surface area contributed by atoms with Crippen LogP contribution in [0.2, 0.25) is 5.02 Å². The first-order chi connectivity index (χ1) is 9.04. The molecule has 1 aromatic rings. The molecule has 0 saturated heterocycles. The number of hydrogen-bond acceptors (Lipinski definition) is 2. The summed E-state index contributed by atoms with van der Waals surface area (Å²) in [6.07, 6.45) is 3.46. The Hall–Kier alpha value is -0.670. The van der Waals surface area contributed by atoms with Crippen LogP contribution in [0.3, 0.4) is 0 Å². The lowest BCUT2D eigenvalue weighted by molar-refractivity contribution is -0.120. The lowest BCUT2D eigenvalue weighted by Gasteiger charge is -2.16. The second-order valence-electron chi connectivity index (χ2n) is 5.34. The minimum atomic E-state index is -0.0721. The minimum absolute atomic E-state index is 0.0721. The number of benzene rings is 1. The molecule has 0 radical (unpaired) electrons. The molecule has 3 atom stereocenters. The van der Waals surface area contributed by atoms with Crippen molar-refractivity contribution >= 4 is 29.3 Å². The van der Waals surface area contributed by atoms with Crippen molar-refractivity contribution in [3.63, 3.8) is 0 Å². The van der Waals surface area contributed by atoms with Crippen LogP contribution in [0.4, 0.5) is 0 Å². The fraction of sp³-hybridized carbons (Fsp3) is 0.533. The van der Waals surface area contributed by atoms with Gasteiger partial charge in [0.15, 0.2) is 0 Å². The molecule has 1 amide bonds. The van der Waals surface area contributed by atoms with Gasteiger partial charge in [0.2, 0.25) is 5.91 Å². The van der Waals surface area contributed by atoms with Crippen LogP contribution >= 0.6 is 23.4 Å². The highest BCUT2D eigenvalue weighted by Crippen LogP contribution is 2.27. The largest absolute Gasteiger partial charge is 0.352 e. The second-order valence-corrected chi connectivity index (χ2v) is 7.19. The van der Waals surface area contributed by atoms with E-state index in [0.29, 0.717) is 6.04 Å². The number of amides is 1. The quantitative estimate of drug-likeness (QED) is 0.847. The molecule has 1 N–H and O–H groups in total. The Bertz CT molecular complexity index is 434. The zero-order valence-electron chi connectivity index (χ0n) is 11.4. The van der Waals surface area contributed by atoms with E-state index in [1.165, 1.54) is 6.42 Å². The lowest BCUT2D eigenvalue weighted by Crippen LogP contribution is -2.37. The van der Waals surface area contributed by atoms with E-state index < -0.39 is 0 Å². The van der Waals surface area contributed by atoms with Gasteiger partial charge in [-0.1, -0.05) is 18.5 Å². The Morgan fingerprint density at radius 3 is 2.63 bits per heavy atom. The Morgan fingerprint density at radius 1 is 1.37 bits per heavy atom. The molecule has 0 aliphatic heterocycles. The summed E-state index contributed by atoms with van der Waals surface area (Å²) in [4.78, 5) is 13.2. The molecule has 0 bridgehead atoms. The second kappa shape index (κ2) is 6.67. The first-order valence-electron chi connectivity index (χ1n) is 6.77. The normalized spacial score (nSPS) is 24.2. The third-order valence-corrected chi connectivity index (χ3v) is 4.90. The van der Waals surface area contributed by atoms with Crippen LogP contribution in [-0.4, -0.2) is 17.2 Å². The Morgan fingerprint density at radius 2 is 2.05 bits per heavy atom. The minimum Gasteiger partial charge on any atom is -0.352 e. The molecule has 1 aromatic carbocycles. The van der Waals surface area contributed by atoms with Crippen LogP contribution in [-0.2, 0) is 4.79 Å². The van der Waals surface area contributed by atoms with Gasteiger partial charge in [0.05, 0.1) is 5.25 Å². The van der Waals surface area contributed by atoms with Crippen LogP contribution in [0, 0.1) is 5.92 Å². The molecule has 2 nitrogen and oxygen atoms in total. The van der Waals surface area contributed by atoms with Crippen molar-refractivity contribution in [2.45, 2.75) is 49.3 Å². The average molecular weight is 298 g/mol. The summed E-state index contributed by atoms with van der Waals surface area (Å²) in [5.74, 6) is 0.878. The van der Waals surface area contributed by atoms with Gasteiger partial charge in [-0.15, -0.1) is 11.8 Å². The van der Waals surface area contributed by atoms with Gasteiger partial charge in [0, 0.05) is 16.0 Å².